The second kappa shape index (κ2) is 9.70. The smallest absolute Gasteiger partial charge is 0.294 e. The Kier molecular flexibility index (Phi) is 6.43. The van der Waals surface area contributed by atoms with E-state index in [0.29, 0.717) is 18.7 Å². The molecule has 2 aliphatic rings. The Morgan fingerprint density at radius 1 is 1.11 bits per heavy atom. The van der Waals surface area contributed by atoms with E-state index in [0.717, 1.165) is 39.8 Å². The van der Waals surface area contributed by atoms with Gasteiger partial charge >= 0.3 is 0 Å². The molecule has 1 aromatic heterocycles. The number of carbonyl (C=O) groups excluding carboxylic acids is 3. The summed E-state index contributed by atoms with van der Waals surface area (Å²) in [6.07, 6.45) is 2.14. The topological polar surface area (TPSA) is 114 Å². The molecule has 10 heteroatoms. The normalized spacial score (nSPS) is 16.4. The molecule has 1 saturated heterocycles. The number of hydrogen-bond acceptors (Lipinski definition) is 7. The number of thioether (sulfide) groups is 1. The van der Waals surface area contributed by atoms with Crippen LogP contribution in [0.2, 0.25) is 0 Å². The maximum absolute atomic E-state index is 13.0. The Labute approximate surface area is 216 Å². The standard InChI is InChI=1S/C27H23N3O6S/c1-16-11-21(22(30(34)35)12-17(16)2)23-8-7-20(36-23)13-24-26(32)29(27(33)37-24)15-25(31)28-10-9-18-5-3-4-6-19(18)14-28/h3-8,11-13H,9-10,14-15H2,1-2H3/b24-13-. The fourth-order valence-electron chi connectivity index (χ4n) is 4.43. The minimum Gasteiger partial charge on any atom is -0.456 e. The first kappa shape index (κ1) is 24.5. The summed E-state index contributed by atoms with van der Waals surface area (Å²) >= 11 is 0.731. The summed E-state index contributed by atoms with van der Waals surface area (Å²) in [6, 6.07) is 14.3. The average Bonchev–Trinajstić information content (AvgIpc) is 3.45. The number of aryl methyl sites for hydroxylation is 2. The van der Waals surface area contributed by atoms with Crippen molar-refractivity contribution in [3.63, 3.8) is 0 Å². The highest BCUT2D eigenvalue weighted by Gasteiger charge is 2.37. The number of carbonyl (C=O) groups is 3. The van der Waals surface area contributed by atoms with Crippen molar-refractivity contribution in [2.75, 3.05) is 13.1 Å². The number of nitrogens with zero attached hydrogens (tertiary/aromatic N) is 3. The molecule has 37 heavy (non-hydrogen) atoms. The molecule has 9 nitrogen and oxygen atoms in total. The number of nitro groups is 1. The van der Waals surface area contributed by atoms with Crippen LogP contribution in [0.25, 0.3) is 17.4 Å². The zero-order valence-electron chi connectivity index (χ0n) is 20.2. The van der Waals surface area contributed by atoms with Crippen LogP contribution in [-0.2, 0) is 22.6 Å². The first-order valence-electron chi connectivity index (χ1n) is 11.7. The lowest BCUT2D eigenvalue weighted by Crippen LogP contribution is -2.44. The summed E-state index contributed by atoms with van der Waals surface area (Å²) in [5.74, 6) is -0.316. The predicted octanol–water partition coefficient (Wildman–Crippen LogP) is 5.09. The van der Waals surface area contributed by atoms with E-state index in [1.54, 1.807) is 30.0 Å². The molecule has 5 rings (SSSR count). The van der Waals surface area contributed by atoms with Gasteiger partial charge < -0.3 is 9.32 Å². The zero-order chi connectivity index (χ0) is 26.3. The van der Waals surface area contributed by atoms with Crippen molar-refractivity contribution in [3.05, 3.63) is 91.6 Å². The molecule has 0 N–H and O–H groups in total. The molecule has 0 bridgehead atoms. The molecular weight excluding hydrogens is 494 g/mol. The summed E-state index contributed by atoms with van der Waals surface area (Å²) < 4.78 is 5.79. The zero-order valence-corrected chi connectivity index (χ0v) is 21.0. The Morgan fingerprint density at radius 3 is 2.59 bits per heavy atom. The van der Waals surface area contributed by atoms with Gasteiger partial charge in [-0.05, 0) is 72.5 Å². The van der Waals surface area contributed by atoms with Crippen molar-refractivity contribution in [1.29, 1.82) is 0 Å². The van der Waals surface area contributed by atoms with Crippen LogP contribution < -0.4 is 0 Å². The highest BCUT2D eigenvalue weighted by atomic mass is 32.2. The first-order chi connectivity index (χ1) is 17.7. The predicted molar refractivity (Wildman–Crippen MR) is 139 cm³/mol. The SMILES string of the molecule is Cc1cc(-c2ccc(/C=C3\SC(=O)N(CC(=O)N4CCc5ccccc5C4)C3=O)o2)c([N+](=O)[O-])cc1C. The number of furan rings is 1. The van der Waals surface area contributed by atoms with E-state index < -0.39 is 16.1 Å². The Morgan fingerprint density at radius 2 is 1.84 bits per heavy atom. The van der Waals surface area contributed by atoms with Crippen LogP contribution in [-0.4, -0.2) is 44.9 Å². The van der Waals surface area contributed by atoms with E-state index in [4.69, 9.17) is 4.42 Å². The van der Waals surface area contributed by atoms with Crippen LogP contribution in [0.15, 0.2) is 57.9 Å². The van der Waals surface area contributed by atoms with Gasteiger partial charge in [-0.2, -0.15) is 0 Å². The maximum Gasteiger partial charge on any atom is 0.294 e. The van der Waals surface area contributed by atoms with Crippen LogP contribution >= 0.6 is 11.8 Å². The molecule has 0 aliphatic carbocycles. The Bertz CT molecular complexity index is 1490. The molecule has 3 aromatic rings. The monoisotopic (exact) mass is 517 g/mol. The minimum absolute atomic E-state index is 0.0804. The van der Waals surface area contributed by atoms with Gasteiger partial charge in [0.25, 0.3) is 16.8 Å². The average molecular weight is 518 g/mol. The van der Waals surface area contributed by atoms with Crippen molar-refractivity contribution in [2.24, 2.45) is 0 Å². The molecule has 2 aliphatic heterocycles. The Hall–Kier alpha value is -4.18. The number of benzene rings is 2. The molecule has 188 valence electrons. The van der Waals surface area contributed by atoms with Gasteiger partial charge in [0, 0.05) is 25.2 Å². The van der Waals surface area contributed by atoms with Gasteiger partial charge in [0.15, 0.2) is 0 Å². The lowest BCUT2D eigenvalue weighted by atomic mass is 10.00. The highest BCUT2D eigenvalue weighted by Crippen LogP contribution is 2.36. The molecule has 0 saturated carbocycles. The van der Waals surface area contributed by atoms with Gasteiger partial charge in [0.05, 0.1) is 15.4 Å². The molecule has 0 atom stereocenters. The van der Waals surface area contributed by atoms with Gasteiger partial charge in [-0.1, -0.05) is 24.3 Å². The van der Waals surface area contributed by atoms with Crippen LogP contribution in [0.5, 0.6) is 0 Å². The lowest BCUT2D eigenvalue weighted by Gasteiger charge is -2.29. The largest absolute Gasteiger partial charge is 0.456 e. The van der Waals surface area contributed by atoms with Crippen LogP contribution in [0, 0.1) is 24.0 Å². The van der Waals surface area contributed by atoms with E-state index >= 15 is 0 Å². The number of fused-ring (bicyclic) bond motifs is 1. The summed E-state index contributed by atoms with van der Waals surface area (Å²) in [6.45, 7) is 4.29. The third kappa shape index (κ3) is 4.79. The highest BCUT2D eigenvalue weighted by molar-refractivity contribution is 8.18. The van der Waals surface area contributed by atoms with Crippen molar-refractivity contribution >= 4 is 40.6 Å². The van der Waals surface area contributed by atoms with Crippen LogP contribution in [0.1, 0.15) is 28.0 Å². The first-order valence-corrected chi connectivity index (χ1v) is 12.5. The number of rotatable bonds is 5. The van der Waals surface area contributed by atoms with Crippen molar-refractivity contribution in [1.82, 2.24) is 9.80 Å². The van der Waals surface area contributed by atoms with Crippen LogP contribution in [0.4, 0.5) is 10.5 Å². The summed E-state index contributed by atoms with van der Waals surface area (Å²) in [4.78, 5) is 52.2. The summed E-state index contributed by atoms with van der Waals surface area (Å²) in [7, 11) is 0. The van der Waals surface area contributed by atoms with E-state index in [2.05, 4.69) is 0 Å². The maximum atomic E-state index is 13.0. The minimum atomic E-state index is -0.573. The molecule has 0 radical (unpaired) electrons. The van der Waals surface area contributed by atoms with Gasteiger partial charge in [-0.15, -0.1) is 0 Å². The van der Waals surface area contributed by atoms with Gasteiger partial charge in [-0.3, -0.25) is 29.4 Å². The lowest BCUT2D eigenvalue weighted by molar-refractivity contribution is -0.384. The Balaban J connectivity index is 1.31. The molecule has 1 fully saturated rings. The fraction of sp³-hybridized carbons (Fsp3) is 0.222. The van der Waals surface area contributed by atoms with Crippen molar-refractivity contribution < 1.29 is 23.7 Å². The summed E-state index contributed by atoms with van der Waals surface area (Å²) in [5, 5.41) is 11.0. The molecule has 0 spiro atoms. The van der Waals surface area contributed by atoms with Gasteiger partial charge in [-0.25, -0.2) is 0 Å². The van der Waals surface area contributed by atoms with E-state index in [-0.39, 0.29) is 34.6 Å². The van der Waals surface area contributed by atoms with Crippen molar-refractivity contribution in [2.45, 2.75) is 26.8 Å². The number of hydrogen-bond donors (Lipinski definition) is 0. The van der Waals surface area contributed by atoms with Crippen LogP contribution in [0.3, 0.4) is 0 Å². The number of nitro benzene ring substituents is 1. The fourth-order valence-corrected chi connectivity index (χ4v) is 5.25. The molecule has 2 aromatic carbocycles. The quantitative estimate of drug-likeness (QED) is 0.263. The van der Waals surface area contributed by atoms with Gasteiger partial charge in [0.1, 0.15) is 18.1 Å². The van der Waals surface area contributed by atoms with Gasteiger partial charge in [0.2, 0.25) is 5.91 Å². The second-order valence-electron chi connectivity index (χ2n) is 9.01. The molecule has 3 amide bonds. The molecular formula is C27H23N3O6S. The van der Waals surface area contributed by atoms with E-state index in [1.807, 2.05) is 31.2 Å². The molecule has 0 unspecified atom stereocenters. The van der Waals surface area contributed by atoms with Crippen molar-refractivity contribution in [3.8, 4) is 11.3 Å². The molecule has 3 heterocycles. The number of imide groups is 1. The van der Waals surface area contributed by atoms with E-state index in [1.165, 1.54) is 17.7 Å². The summed E-state index contributed by atoms with van der Waals surface area (Å²) in [5.41, 5.74) is 4.18. The third-order valence-corrected chi connectivity index (χ3v) is 7.53. The van der Waals surface area contributed by atoms with E-state index in [9.17, 15) is 24.5 Å². The third-order valence-electron chi connectivity index (χ3n) is 6.62. The second-order valence-corrected chi connectivity index (χ2v) is 10.0. The number of amides is 3.